The van der Waals surface area contributed by atoms with Crippen LogP contribution in [0.4, 0.5) is 0 Å². The van der Waals surface area contributed by atoms with Gasteiger partial charge in [-0.2, -0.15) is 0 Å². The number of piperidine rings is 1. The molecule has 1 aromatic carbocycles. The van der Waals surface area contributed by atoms with E-state index in [0.717, 1.165) is 29.7 Å². The average Bonchev–Trinajstić information content (AvgIpc) is 3.16. The number of hydrogen-bond acceptors (Lipinski definition) is 4. The van der Waals surface area contributed by atoms with Crippen LogP contribution in [0.2, 0.25) is 0 Å². The van der Waals surface area contributed by atoms with Crippen molar-refractivity contribution in [1.82, 2.24) is 19.9 Å². The lowest BCUT2D eigenvalue weighted by Crippen LogP contribution is -2.42. The van der Waals surface area contributed by atoms with Gasteiger partial charge in [0.2, 0.25) is 0 Å². The number of Topliss-reactive ketones (excluding diaryl/α,β-unsaturated/α-hetero) is 1. The molecule has 3 heterocycles. The van der Waals surface area contributed by atoms with Crippen molar-refractivity contribution in [3.8, 4) is 0 Å². The van der Waals surface area contributed by atoms with Crippen molar-refractivity contribution in [3.63, 3.8) is 0 Å². The number of ketones is 1. The Labute approximate surface area is 179 Å². The highest BCUT2D eigenvalue weighted by Crippen LogP contribution is 2.34. The van der Waals surface area contributed by atoms with E-state index in [1.54, 1.807) is 4.90 Å². The highest BCUT2D eigenvalue weighted by atomic mass is 16.2. The molecule has 3 aromatic rings. The molecule has 2 N–H and O–H groups in total. The number of nitrogens with one attached hydrogen (secondary N) is 2. The fourth-order valence-corrected chi connectivity index (χ4v) is 4.91. The second-order valence-electron chi connectivity index (χ2n) is 9.57. The number of fused-ring (bicyclic) bond motifs is 2. The lowest BCUT2D eigenvalue weighted by molar-refractivity contribution is 0.0703. The molecule has 1 amide bonds. The Morgan fingerprint density at radius 3 is 2.77 bits per heavy atom. The third-order valence-corrected chi connectivity index (χ3v) is 6.45. The summed E-state index contributed by atoms with van der Waals surface area (Å²) in [5.74, 6) is 0.623. The molecule has 2 aromatic heterocycles. The fourth-order valence-electron chi connectivity index (χ4n) is 4.91. The van der Waals surface area contributed by atoms with Crippen LogP contribution in [0.5, 0.6) is 0 Å². The van der Waals surface area contributed by atoms with E-state index in [2.05, 4.69) is 9.97 Å². The third-order valence-electron chi connectivity index (χ3n) is 6.45. The van der Waals surface area contributed by atoms with Gasteiger partial charge in [-0.05, 0) is 42.9 Å². The van der Waals surface area contributed by atoms with Crippen LogP contribution in [0.25, 0.3) is 11.0 Å². The summed E-state index contributed by atoms with van der Waals surface area (Å²) in [6.07, 6.45) is 2.80. The maximum absolute atomic E-state index is 13.3. The van der Waals surface area contributed by atoms with Crippen molar-refractivity contribution in [2.75, 3.05) is 13.1 Å². The first-order valence-corrected chi connectivity index (χ1v) is 10.8. The second-order valence-corrected chi connectivity index (χ2v) is 9.57. The van der Waals surface area contributed by atoms with Gasteiger partial charge in [-0.25, -0.2) is 4.98 Å². The maximum atomic E-state index is 13.3. The monoisotopic (exact) mass is 418 g/mol. The van der Waals surface area contributed by atoms with E-state index < -0.39 is 5.56 Å². The molecule has 160 valence electrons. The normalized spacial score (nSPS) is 20.6. The topological polar surface area (TPSA) is 98.9 Å². The Balaban J connectivity index is 1.42. The first kappa shape index (κ1) is 19.7. The standard InChI is InChI=1S/C24H26N4O3/c1-24(2)11-19-15(20(29)12-24)10-16(22(30)27-19)23(31)28-9-5-6-14(13-28)21-25-17-7-3-4-8-18(17)26-21/h3-4,7-8,10,14H,5-6,9,11-13H2,1-2H3,(H,25,26)(H,27,30). The number of likely N-dealkylation sites (tertiary alicyclic amines) is 1. The van der Waals surface area contributed by atoms with E-state index in [4.69, 9.17) is 4.98 Å². The molecular formula is C24H26N4O3. The fraction of sp³-hybridized carbons (Fsp3) is 0.417. The Hall–Kier alpha value is -3.22. The van der Waals surface area contributed by atoms with Crippen LogP contribution in [-0.2, 0) is 6.42 Å². The van der Waals surface area contributed by atoms with E-state index in [0.29, 0.717) is 37.2 Å². The maximum Gasteiger partial charge on any atom is 0.261 e. The van der Waals surface area contributed by atoms with Crippen LogP contribution < -0.4 is 5.56 Å². The summed E-state index contributed by atoms with van der Waals surface area (Å²) in [6, 6.07) is 9.38. The highest BCUT2D eigenvalue weighted by Gasteiger charge is 2.34. The summed E-state index contributed by atoms with van der Waals surface area (Å²) in [4.78, 5) is 51.2. The van der Waals surface area contributed by atoms with Crippen LogP contribution in [0.1, 0.15) is 71.3 Å². The molecule has 1 fully saturated rings. The molecule has 1 unspecified atom stereocenters. The van der Waals surface area contributed by atoms with Gasteiger partial charge in [0.05, 0.1) is 11.0 Å². The minimum Gasteiger partial charge on any atom is -0.342 e. The largest absolute Gasteiger partial charge is 0.342 e. The van der Waals surface area contributed by atoms with Gasteiger partial charge in [0.15, 0.2) is 5.78 Å². The lowest BCUT2D eigenvalue weighted by atomic mass is 9.75. The number of aromatic nitrogens is 3. The lowest BCUT2D eigenvalue weighted by Gasteiger charge is -2.32. The molecular weight excluding hydrogens is 392 g/mol. The van der Waals surface area contributed by atoms with E-state index in [1.165, 1.54) is 6.07 Å². The summed E-state index contributed by atoms with van der Waals surface area (Å²) in [6.45, 7) is 5.11. The zero-order valence-electron chi connectivity index (χ0n) is 17.8. The van der Waals surface area contributed by atoms with E-state index >= 15 is 0 Å². The van der Waals surface area contributed by atoms with Crippen LogP contribution >= 0.6 is 0 Å². The molecule has 1 aliphatic carbocycles. The van der Waals surface area contributed by atoms with Crippen molar-refractivity contribution >= 4 is 22.7 Å². The number of imidazole rings is 1. The number of carbonyl (C=O) groups excluding carboxylic acids is 2. The van der Waals surface area contributed by atoms with E-state index in [-0.39, 0.29) is 28.6 Å². The molecule has 0 bridgehead atoms. The average molecular weight is 418 g/mol. The zero-order chi connectivity index (χ0) is 21.8. The van der Waals surface area contributed by atoms with Gasteiger partial charge in [-0.1, -0.05) is 26.0 Å². The molecule has 1 saturated heterocycles. The first-order chi connectivity index (χ1) is 14.8. The molecule has 5 rings (SSSR count). The van der Waals surface area contributed by atoms with Crippen LogP contribution in [-0.4, -0.2) is 44.6 Å². The second kappa shape index (κ2) is 7.18. The number of nitrogens with zero attached hydrogens (tertiary/aromatic N) is 2. The third kappa shape index (κ3) is 3.58. The van der Waals surface area contributed by atoms with Crippen molar-refractivity contribution in [3.05, 3.63) is 63.3 Å². The number of carbonyl (C=O) groups is 2. The van der Waals surface area contributed by atoms with Gasteiger partial charge in [-0.3, -0.25) is 14.4 Å². The predicted molar refractivity (Wildman–Crippen MR) is 117 cm³/mol. The van der Waals surface area contributed by atoms with E-state index in [9.17, 15) is 14.4 Å². The van der Waals surface area contributed by atoms with Crippen LogP contribution in [0.15, 0.2) is 35.1 Å². The molecule has 7 heteroatoms. The summed E-state index contributed by atoms with van der Waals surface area (Å²) >= 11 is 0. The molecule has 7 nitrogen and oxygen atoms in total. The smallest absolute Gasteiger partial charge is 0.261 e. The molecule has 0 spiro atoms. The minimum atomic E-state index is -0.417. The van der Waals surface area contributed by atoms with Crippen LogP contribution in [0, 0.1) is 5.41 Å². The van der Waals surface area contributed by atoms with Gasteiger partial charge in [0.25, 0.3) is 11.5 Å². The molecule has 31 heavy (non-hydrogen) atoms. The molecule has 0 radical (unpaired) electrons. The number of amides is 1. The highest BCUT2D eigenvalue weighted by molar-refractivity contribution is 6.02. The number of rotatable bonds is 2. The number of benzene rings is 1. The van der Waals surface area contributed by atoms with Crippen molar-refractivity contribution in [2.45, 2.75) is 45.4 Å². The minimum absolute atomic E-state index is 0.0182. The Morgan fingerprint density at radius 1 is 1.16 bits per heavy atom. The summed E-state index contributed by atoms with van der Waals surface area (Å²) < 4.78 is 0. The number of hydrogen-bond donors (Lipinski definition) is 2. The van der Waals surface area contributed by atoms with Crippen LogP contribution in [0.3, 0.4) is 0 Å². The molecule has 2 aliphatic rings. The van der Waals surface area contributed by atoms with Gasteiger partial charge < -0.3 is 14.9 Å². The van der Waals surface area contributed by atoms with Crippen molar-refractivity contribution < 1.29 is 9.59 Å². The Morgan fingerprint density at radius 2 is 1.97 bits per heavy atom. The van der Waals surface area contributed by atoms with Crippen molar-refractivity contribution in [1.29, 1.82) is 0 Å². The van der Waals surface area contributed by atoms with E-state index in [1.807, 2.05) is 38.1 Å². The number of pyridine rings is 1. The van der Waals surface area contributed by atoms with Gasteiger partial charge in [-0.15, -0.1) is 0 Å². The Kier molecular flexibility index (Phi) is 4.57. The quantitative estimate of drug-likeness (QED) is 0.666. The number of aromatic amines is 2. The molecule has 1 aliphatic heterocycles. The molecule has 0 saturated carbocycles. The number of H-pyrrole nitrogens is 2. The van der Waals surface area contributed by atoms with Gasteiger partial charge in [0, 0.05) is 36.7 Å². The van der Waals surface area contributed by atoms with Gasteiger partial charge >= 0.3 is 0 Å². The summed E-state index contributed by atoms with van der Waals surface area (Å²) in [5, 5.41) is 0. The SMILES string of the molecule is CC1(C)CC(=O)c2cc(C(=O)N3CCCC(c4nc5ccccc5[nH]4)C3)c(=O)[nH]c2C1. The summed E-state index contributed by atoms with van der Waals surface area (Å²) in [5.41, 5.74) is 2.46. The van der Waals surface area contributed by atoms with Crippen molar-refractivity contribution in [2.24, 2.45) is 5.41 Å². The summed E-state index contributed by atoms with van der Waals surface area (Å²) in [7, 11) is 0. The number of para-hydroxylation sites is 2. The predicted octanol–water partition coefficient (Wildman–Crippen LogP) is 3.43. The Bertz CT molecular complexity index is 1220. The molecule has 1 atom stereocenters. The first-order valence-electron chi connectivity index (χ1n) is 10.8. The zero-order valence-corrected chi connectivity index (χ0v) is 17.8. The van der Waals surface area contributed by atoms with Gasteiger partial charge in [0.1, 0.15) is 11.4 Å².